The number of rotatable bonds is 7. The number of amides is 1. The lowest BCUT2D eigenvalue weighted by Gasteiger charge is -2.26. The van der Waals surface area contributed by atoms with Crippen LogP contribution in [-0.2, 0) is 14.6 Å². The number of para-hydroxylation sites is 1. The molecule has 0 spiro atoms. The number of anilines is 1. The fourth-order valence-electron chi connectivity index (χ4n) is 2.82. The van der Waals surface area contributed by atoms with Crippen LogP contribution in [0.5, 0.6) is 0 Å². The van der Waals surface area contributed by atoms with Crippen molar-refractivity contribution in [2.75, 3.05) is 16.4 Å². The maximum Gasteiger partial charge on any atom is 0.257 e. The van der Waals surface area contributed by atoms with E-state index in [1.54, 1.807) is 17.9 Å². The zero-order chi connectivity index (χ0) is 20.3. The number of hydrogen-bond acceptors (Lipinski definition) is 6. The summed E-state index contributed by atoms with van der Waals surface area (Å²) in [4.78, 5) is 19.0. The second-order valence-corrected chi connectivity index (χ2v) is 9.70. The minimum absolute atomic E-state index is 0.0148. The van der Waals surface area contributed by atoms with Gasteiger partial charge in [0.25, 0.3) is 5.22 Å². The first-order valence-electron chi connectivity index (χ1n) is 8.95. The van der Waals surface area contributed by atoms with Crippen molar-refractivity contribution in [2.24, 2.45) is 0 Å². The van der Waals surface area contributed by atoms with E-state index in [9.17, 15) is 13.2 Å². The summed E-state index contributed by atoms with van der Waals surface area (Å²) in [5, 5.41) is 0.339. The van der Waals surface area contributed by atoms with Crippen LogP contribution in [-0.4, -0.2) is 36.9 Å². The lowest BCUT2D eigenvalue weighted by molar-refractivity contribution is -0.116. The normalized spacial score (nSPS) is 11.9. The van der Waals surface area contributed by atoms with E-state index in [1.807, 2.05) is 44.2 Å². The molecular formula is C20H22N2O4S2. The van der Waals surface area contributed by atoms with Crippen molar-refractivity contribution in [3.8, 4) is 0 Å². The topological polar surface area (TPSA) is 80.5 Å². The third-order valence-electron chi connectivity index (χ3n) is 4.22. The molecule has 0 aliphatic carbocycles. The molecule has 6 nitrogen and oxygen atoms in total. The minimum Gasteiger partial charge on any atom is -0.431 e. The number of nitrogens with zero attached hydrogens (tertiary/aromatic N) is 2. The van der Waals surface area contributed by atoms with E-state index in [4.69, 9.17) is 4.42 Å². The summed E-state index contributed by atoms with van der Waals surface area (Å²) in [6.07, 6.45) is 0. The van der Waals surface area contributed by atoms with Crippen molar-refractivity contribution >= 4 is 44.3 Å². The van der Waals surface area contributed by atoms with Gasteiger partial charge < -0.3 is 9.32 Å². The Kier molecular flexibility index (Phi) is 6.10. The molecule has 1 amide bonds. The minimum atomic E-state index is -3.31. The van der Waals surface area contributed by atoms with Crippen molar-refractivity contribution in [2.45, 2.75) is 36.9 Å². The number of fused-ring (bicyclic) bond motifs is 1. The number of thioether (sulfide) groups is 1. The van der Waals surface area contributed by atoms with Gasteiger partial charge in [-0.1, -0.05) is 36.9 Å². The van der Waals surface area contributed by atoms with Crippen LogP contribution >= 0.6 is 11.8 Å². The SMILES string of the molecule is CCS(=O)(=O)c1ccc2oc(SCC(=O)N(c3ccccc3)C(C)C)nc2c1. The third kappa shape index (κ3) is 4.39. The second kappa shape index (κ2) is 8.36. The predicted molar refractivity (Wildman–Crippen MR) is 112 cm³/mol. The van der Waals surface area contributed by atoms with Gasteiger partial charge in [0.15, 0.2) is 15.4 Å². The summed E-state index contributed by atoms with van der Waals surface area (Å²) in [6.45, 7) is 5.53. The molecule has 0 bridgehead atoms. The molecule has 0 radical (unpaired) electrons. The van der Waals surface area contributed by atoms with Crippen LogP contribution in [0.15, 0.2) is 63.1 Å². The largest absolute Gasteiger partial charge is 0.431 e. The standard InChI is InChI=1S/C20H22N2O4S2/c1-4-28(24,25)16-10-11-18-17(12-16)21-20(26-18)27-13-19(23)22(14(2)3)15-8-6-5-7-9-15/h5-12,14H,4,13H2,1-3H3. The number of benzene rings is 2. The molecule has 1 heterocycles. The van der Waals surface area contributed by atoms with Gasteiger partial charge in [0.2, 0.25) is 5.91 Å². The Labute approximate surface area is 168 Å². The van der Waals surface area contributed by atoms with Gasteiger partial charge >= 0.3 is 0 Å². The highest BCUT2D eigenvalue weighted by Crippen LogP contribution is 2.27. The highest BCUT2D eigenvalue weighted by atomic mass is 32.2. The first-order chi connectivity index (χ1) is 13.3. The van der Waals surface area contributed by atoms with E-state index in [1.165, 1.54) is 23.9 Å². The first kappa shape index (κ1) is 20.4. The Morgan fingerprint density at radius 1 is 1.18 bits per heavy atom. The highest BCUT2D eigenvalue weighted by molar-refractivity contribution is 7.99. The van der Waals surface area contributed by atoms with Gasteiger partial charge in [-0.25, -0.2) is 13.4 Å². The van der Waals surface area contributed by atoms with Crippen LogP contribution in [0, 0.1) is 0 Å². The number of aromatic nitrogens is 1. The van der Waals surface area contributed by atoms with Crippen molar-refractivity contribution < 1.29 is 17.6 Å². The number of carbonyl (C=O) groups is 1. The van der Waals surface area contributed by atoms with Crippen LogP contribution in [0.3, 0.4) is 0 Å². The van der Waals surface area contributed by atoms with Crippen molar-refractivity contribution in [1.29, 1.82) is 0 Å². The first-order valence-corrected chi connectivity index (χ1v) is 11.6. The average molecular weight is 419 g/mol. The summed E-state index contributed by atoms with van der Waals surface area (Å²) in [7, 11) is -3.31. The molecule has 0 unspecified atom stereocenters. The fourth-order valence-corrected chi connectivity index (χ4v) is 4.42. The van der Waals surface area contributed by atoms with Crippen molar-refractivity contribution in [3.63, 3.8) is 0 Å². The molecule has 0 atom stereocenters. The van der Waals surface area contributed by atoms with Gasteiger partial charge in [-0.15, -0.1) is 0 Å². The molecule has 2 aromatic carbocycles. The van der Waals surface area contributed by atoms with E-state index in [0.29, 0.717) is 16.3 Å². The predicted octanol–water partition coefficient (Wildman–Crippen LogP) is 4.16. The molecule has 0 N–H and O–H groups in total. The molecule has 8 heteroatoms. The van der Waals surface area contributed by atoms with Crippen molar-refractivity contribution in [3.05, 3.63) is 48.5 Å². The van der Waals surface area contributed by atoms with Gasteiger partial charge in [-0.3, -0.25) is 4.79 Å². The van der Waals surface area contributed by atoms with Crippen LogP contribution in [0.2, 0.25) is 0 Å². The molecular weight excluding hydrogens is 396 g/mol. The van der Waals surface area contributed by atoms with Gasteiger partial charge in [-0.2, -0.15) is 0 Å². The molecule has 3 aromatic rings. The fraction of sp³-hybridized carbons (Fsp3) is 0.300. The Balaban J connectivity index is 1.76. The van der Waals surface area contributed by atoms with Gasteiger partial charge in [0, 0.05) is 11.7 Å². The number of sulfone groups is 1. The van der Waals surface area contributed by atoms with Crippen LogP contribution in [0.25, 0.3) is 11.1 Å². The molecule has 0 aliphatic rings. The summed E-state index contributed by atoms with van der Waals surface area (Å²) >= 11 is 1.20. The Morgan fingerprint density at radius 2 is 1.89 bits per heavy atom. The summed E-state index contributed by atoms with van der Waals surface area (Å²) < 4.78 is 29.7. The van der Waals surface area contributed by atoms with E-state index >= 15 is 0 Å². The zero-order valence-electron chi connectivity index (χ0n) is 16.0. The van der Waals surface area contributed by atoms with E-state index < -0.39 is 9.84 Å². The molecule has 0 saturated heterocycles. The maximum absolute atomic E-state index is 12.8. The Bertz CT molecular complexity index is 1080. The van der Waals surface area contributed by atoms with Crippen LogP contribution < -0.4 is 4.90 Å². The summed E-state index contributed by atoms with van der Waals surface area (Å²) in [6, 6.07) is 14.1. The zero-order valence-corrected chi connectivity index (χ0v) is 17.6. The van der Waals surface area contributed by atoms with Crippen molar-refractivity contribution in [1.82, 2.24) is 4.98 Å². The van der Waals surface area contributed by atoms with E-state index in [-0.39, 0.29) is 28.4 Å². The monoisotopic (exact) mass is 418 g/mol. The van der Waals surface area contributed by atoms with Gasteiger partial charge in [-0.05, 0) is 44.2 Å². The molecule has 1 aromatic heterocycles. The smallest absolute Gasteiger partial charge is 0.257 e. The molecule has 148 valence electrons. The lowest BCUT2D eigenvalue weighted by Crippen LogP contribution is -2.38. The molecule has 0 saturated carbocycles. The average Bonchev–Trinajstić information content (AvgIpc) is 3.09. The quantitative estimate of drug-likeness (QED) is 0.536. The second-order valence-electron chi connectivity index (χ2n) is 6.49. The summed E-state index contributed by atoms with van der Waals surface area (Å²) in [5.74, 6) is 0.138. The third-order valence-corrected chi connectivity index (χ3v) is 6.76. The van der Waals surface area contributed by atoms with Gasteiger partial charge in [0.05, 0.1) is 16.4 Å². The molecule has 28 heavy (non-hydrogen) atoms. The highest BCUT2D eigenvalue weighted by Gasteiger charge is 2.20. The molecule has 0 aliphatic heterocycles. The van der Waals surface area contributed by atoms with Gasteiger partial charge in [0.1, 0.15) is 5.52 Å². The number of carbonyl (C=O) groups excluding carboxylic acids is 1. The number of hydrogen-bond donors (Lipinski definition) is 0. The molecule has 3 rings (SSSR count). The van der Waals surface area contributed by atoms with E-state index in [0.717, 1.165) is 5.69 Å². The van der Waals surface area contributed by atoms with E-state index in [2.05, 4.69) is 4.98 Å². The number of oxazole rings is 1. The summed E-state index contributed by atoms with van der Waals surface area (Å²) in [5.41, 5.74) is 1.80. The lowest BCUT2D eigenvalue weighted by atomic mass is 10.2. The maximum atomic E-state index is 12.8. The Morgan fingerprint density at radius 3 is 2.54 bits per heavy atom. The van der Waals surface area contributed by atoms with Crippen LogP contribution in [0.1, 0.15) is 20.8 Å². The molecule has 0 fully saturated rings. The Hall–Kier alpha value is -2.32. The van der Waals surface area contributed by atoms with Crippen LogP contribution in [0.4, 0.5) is 5.69 Å².